The number of anilines is 1. The number of rotatable bonds is 3. The molecule has 0 amide bonds. The van der Waals surface area contributed by atoms with Crippen LogP contribution in [0.1, 0.15) is 5.56 Å². The first-order chi connectivity index (χ1) is 8.19. The van der Waals surface area contributed by atoms with E-state index in [1.807, 2.05) is 12.1 Å². The molecule has 0 bridgehead atoms. The summed E-state index contributed by atoms with van der Waals surface area (Å²) in [6.45, 7) is 6.95. The molecule has 3 nitrogen and oxygen atoms in total. The van der Waals surface area contributed by atoms with Gasteiger partial charge in [-0.3, -0.25) is 4.90 Å². The van der Waals surface area contributed by atoms with Gasteiger partial charge in [-0.25, -0.2) is 0 Å². The molecule has 0 radical (unpaired) electrons. The molecule has 0 unspecified atom stereocenters. The van der Waals surface area contributed by atoms with Crippen molar-refractivity contribution in [3.63, 3.8) is 0 Å². The highest BCUT2D eigenvalue weighted by Gasteiger charge is 2.17. The maximum absolute atomic E-state index is 6.09. The van der Waals surface area contributed by atoms with Crippen molar-refractivity contribution in [3.8, 4) is 0 Å². The number of hydrogen-bond acceptors (Lipinski definition) is 3. The van der Waals surface area contributed by atoms with Crippen molar-refractivity contribution < 1.29 is 4.74 Å². The first kappa shape index (κ1) is 12.7. The molecule has 1 saturated heterocycles. The van der Waals surface area contributed by atoms with Gasteiger partial charge in [-0.05, 0) is 30.7 Å². The van der Waals surface area contributed by atoms with Gasteiger partial charge in [-0.1, -0.05) is 11.6 Å². The van der Waals surface area contributed by atoms with Crippen LogP contribution in [0.3, 0.4) is 0 Å². The Kier molecular flexibility index (Phi) is 4.26. The van der Waals surface area contributed by atoms with Gasteiger partial charge in [-0.2, -0.15) is 0 Å². The summed E-state index contributed by atoms with van der Waals surface area (Å²) in [5.74, 6) is 0. The highest BCUT2D eigenvalue weighted by molar-refractivity contribution is 6.30. The first-order valence-electron chi connectivity index (χ1n) is 5.92. The lowest BCUT2D eigenvalue weighted by Crippen LogP contribution is -2.46. The predicted octanol–water partition coefficient (Wildman–Crippen LogP) is 2.37. The number of nitrogens with zero attached hydrogens (tertiary/aromatic N) is 2. The van der Waals surface area contributed by atoms with E-state index >= 15 is 0 Å². The van der Waals surface area contributed by atoms with Crippen LogP contribution in [0, 0.1) is 6.92 Å². The van der Waals surface area contributed by atoms with E-state index in [0.29, 0.717) is 0 Å². The number of halogens is 1. The molecule has 94 valence electrons. The number of hydrogen-bond donors (Lipinski definition) is 0. The van der Waals surface area contributed by atoms with Gasteiger partial charge in [0.05, 0.1) is 6.73 Å². The lowest BCUT2D eigenvalue weighted by Gasteiger charge is -2.35. The van der Waals surface area contributed by atoms with Crippen molar-refractivity contribution >= 4 is 17.3 Å². The minimum atomic E-state index is 0.725. The molecule has 4 heteroatoms. The Balaban J connectivity index is 2.00. The fourth-order valence-corrected chi connectivity index (χ4v) is 2.50. The maximum Gasteiger partial charge on any atom is 0.0987 e. The summed E-state index contributed by atoms with van der Waals surface area (Å²) < 4.78 is 5.15. The lowest BCUT2D eigenvalue weighted by atomic mass is 10.2. The number of ether oxygens (including phenoxy) is 1. The molecule has 0 aromatic heterocycles. The van der Waals surface area contributed by atoms with Gasteiger partial charge in [0.15, 0.2) is 0 Å². The van der Waals surface area contributed by atoms with E-state index in [1.165, 1.54) is 11.3 Å². The molecule has 0 spiro atoms. The van der Waals surface area contributed by atoms with Crippen molar-refractivity contribution in [3.05, 3.63) is 28.8 Å². The molecule has 0 saturated carbocycles. The molecule has 1 heterocycles. The molecule has 0 N–H and O–H groups in total. The lowest BCUT2D eigenvalue weighted by molar-refractivity contribution is 0.0596. The van der Waals surface area contributed by atoms with Gasteiger partial charge < -0.3 is 9.64 Å². The Labute approximate surface area is 108 Å². The number of benzene rings is 1. The van der Waals surface area contributed by atoms with Crippen molar-refractivity contribution in [1.29, 1.82) is 0 Å². The Morgan fingerprint density at radius 3 is 2.47 bits per heavy atom. The minimum absolute atomic E-state index is 0.725. The fraction of sp³-hybridized carbons (Fsp3) is 0.538. The molecule has 1 aromatic rings. The first-order valence-corrected chi connectivity index (χ1v) is 6.30. The summed E-state index contributed by atoms with van der Waals surface area (Å²) in [6.07, 6.45) is 0. The molecular weight excluding hydrogens is 236 g/mol. The highest BCUT2D eigenvalue weighted by Crippen LogP contribution is 2.23. The Morgan fingerprint density at radius 2 is 1.88 bits per heavy atom. The molecule has 1 aromatic carbocycles. The second-order valence-corrected chi connectivity index (χ2v) is 4.95. The van der Waals surface area contributed by atoms with Crippen LogP contribution in [-0.4, -0.2) is 44.9 Å². The second-order valence-electron chi connectivity index (χ2n) is 4.51. The van der Waals surface area contributed by atoms with Crippen molar-refractivity contribution in [1.82, 2.24) is 4.90 Å². The SMILES string of the molecule is COCN1CCN(c2cc(C)cc(Cl)c2)CC1. The minimum Gasteiger partial charge on any atom is -0.369 e. The van der Waals surface area contributed by atoms with Gasteiger partial charge in [0, 0.05) is 44.0 Å². The van der Waals surface area contributed by atoms with Crippen molar-refractivity contribution in [2.45, 2.75) is 6.92 Å². The molecular formula is C13H19ClN2O. The molecule has 0 atom stereocenters. The smallest absolute Gasteiger partial charge is 0.0987 e. The van der Waals surface area contributed by atoms with Crippen molar-refractivity contribution in [2.24, 2.45) is 0 Å². The van der Waals surface area contributed by atoms with Crippen LogP contribution in [0.25, 0.3) is 0 Å². The largest absolute Gasteiger partial charge is 0.369 e. The van der Waals surface area contributed by atoms with E-state index in [0.717, 1.165) is 37.9 Å². The van der Waals surface area contributed by atoms with Crippen LogP contribution in [0.15, 0.2) is 18.2 Å². The maximum atomic E-state index is 6.09. The summed E-state index contributed by atoms with van der Waals surface area (Å²) in [5, 5.41) is 0.819. The Morgan fingerprint density at radius 1 is 1.18 bits per heavy atom. The van der Waals surface area contributed by atoms with Crippen LogP contribution in [0.4, 0.5) is 5.69 Å². The van der Waals surface area contributed by atoms with Gasteiger partial charge in [0.2, 0.25) is 0 Å². The van der Waals surface area contributed by atoms with Crippen LogP contribution in [-0.2, 0) is 4.74 Å². The summed E-state index contributed by atoms with van der Waals surface area (Å²) in [4.78, 5) is 4.69. The Hall–Kier alpha value is -0.770. The van der Waals surface area contributed by atoms with Crippen LogP contribution in [0.5, 0.6) is 0 Å². The third kappa shape index (κ3) is 3.35. The van der Waals surface area contributed by atoms with Gasteiger partial charge in [0.25, 0.3) is 0 Å². The van der Waals surface area contributed by atoms with Crippen LogP contribution < -0.4 is 4.90 Å². The second kappa shape index (κ2) is 5.71. The zero-order valence-corrected chi connectivity index (χ0v) is 11.2. The molecule has 0 aliphatic carbocycles. The summed E-state index contributed by atoms with van der Waals surface area (Å²) >= 11 is 6.09. The summed E-state index contributed by atoms with van der Waals surface area (Å²) in [5.41, 5.74) is 2.44. The van der Waals surface area contributed by atoms with Gasteiger partial charge >= 0.3 is 0 Å². The van der Waals surface area contributed by atoms with Crippen LogP contribution >= 0.6 is 11.6 Å². The van der Waals surface area contributed by atoms with E-state index < -0.39 is 0 Å². The molecule has 2 rings (SSSR count). The standard InChI is InChI=1S/C13H19ClN2O/c1-11-7-12(14)9-13(8-11)16-5-3-15(4-6-16)10-17-2/h7-9H,3-6,10H2,1-2H3. The number of methoxy groups -OCH3 is 1. The average molecular weight is 255 g/mol. The molecule has 17 heavy (non-hydrogen) atoms. The molecule has 1 fully saturated rings. The number of piperazine rings is 1. The normalized spacial score (nSPS) is 17.5. The van der Waals surface area contributed by atoms with E-state index in [1.54, 1.807) is 7.11 Å². The zero-order valence-electron chi connectivity index (χ0n) is 10.4. The third-order valence-electron chi connectivity index (χ3n) is 3.08. The topological polar surface area (TPSA) is 15.7 Å². The quantitative estimate of drug-likeness (QED) is 0.824. The highest BCUT2D eigenvalue weighted by atomic mass is 35.5. The molecule has 1 aliphatic heterocycles. The monoisotopic (exact) mass is 254 g/mol. The summed E-state index contributed by atoms with van der Waals surface area (Å²) in [6, 6.07) is 6.23. The molecule has 1 aliphatic rings. The van der Waals surface area contributed by atoms with E-state index in [2.05, 4.69) is 22.8 Å². The van der Waals surface area contributed by atoms with E-state index in [9.17, 15) is 0 Å². The van der Waals surface area contributed by atoms with E-state index in [4.69, 9.17) is 16.3 Å². The Bertz CT molecular complexity index is 355. The third-order valence-corrected chi connectivity index (χ3v) is 3.29. The van der Waals surface area contributed by atoms with Gasteiger partial charge in [-0.15, -0.1) is 0 Å². The van der Waals surface area contributed by atoms with Crippen LogP contribution in [0.2, 0.25) is 5.02 Å². The number of aryl methyl sites for hydroxylation is 1. The van der Waals surface area contributed by atoms with E-state index in [-0.39, 0.29) is 0 Å². The summed E-state index contributed by atoms with van der Waals surface area (Å²) in [7, 11) is 1.74. The zero-order chi connectivity index (χ0) is 12.3. The van der Waals surface area contributed by atoms with Gasteiger partial charge in [0.1, 0.15) is 0 Å². The fourth-order valence-electron chi connectivity index (χ4n) is 2.22. The predicted molar refractivity (Wildman–Crippen MR) is 71.9 cm³/mol. The van der Waals surface area contributed by atoms with Crippen molar-refractivity contribution in [2.75, 3.05) is 44.9 Å². The average Bonchev–Trinajstić information content (AvgIpc) is 2.29.